The van der Waals surface area contributed by atoms with E-state index in [1.54, 1.807) is 11.4 Å². The smallest absolute Gasteiger partial charge is 0.281 e. The zero-order valence-electron chi connectivity index (χ0n) is 7.03. The van der Waals surface area contributed by atoms with Crippen molar-refractivity contribution in [2.45, 2.75) is 0 Å². The zero-order valence-corrected chi connectivity index (χ0v) is 7.03. The minimum Gasteiger partial charge on any atom is -0.281 e. The molecule has 0 fully saturated rings. The molecule has 1 aliphatic rings. The van der Waals surface area contributed by atoms with E-state index in [4.69, 9.17) is 0 Å². The van der Waals surface area contributed by atoms with Gasteiger partial charge in [0.2, 0.25) is 0 Å². The van der Waals surface area contributed by atoms with E-state index in [2.05, 4.69) is 5.43 Å². The number of carbonyl (C=O) groups excluding carboxylic acids is 1. The van der Waals surface area contributed by atoms with E-state index in [-0.39, 0.29) is 0 Å². The van der Waals surface area contributed by atoms with Crippen molar-refractivity contribution in [2.24, 2.45) is 0 Å². The van der Waals surface area contributed by atoms with Crippen LogP contribution in [0.4, 0.5) is 5.69 Å². The van der Waals surface area contributed by atoms with Gasteiger partial charge >= 0.3 is 6.41 Å². The average molecular weight is 173 g/mol. The van der Waals surface area contributed by atoms with E-state index in [1.165, 1.54) is 0 Å². The van der Waals surface area contributed by atoms with Crippen LogP contribution < -0.4 is 10.4 Å². The Morgan fingerprint density at radius 1 is 1.38 bits per heavy atom. The number of nitrogens with zero attached hydrogens (tertiary/aromatic N) is 1. The van der Waals surface area contributed by atoms with Crippen LogP contribution in [0.25, 0.3) is 6.08 Å². The van der Waals surface area contributed by atoms with Crippen LogP contribution in [-0.4, -0.2) is 13.0 Å². The number of rotatable bonds is 2. The van der Waals surface area contributed by atoms with Crippen LogP contribution in [0.15, 0.2) is 30.3 Å². The molecule has 0 bridgehead atoms. The van der Waals surface area contributed by atoms with Gasteiger partial charge in [-0.05, 0) is 11.6 Å². The highest BCUT2D eigenvalue weighted by atomic mass is 16.1. The molecular weight excluding hydrogens is 164 g/mol. The fourth-order valence-electron chi connectivity index (χ4n) is 1.42. The molecule has 1 aliphatic heterocycles. The van der Waals surface area contributed by atoms with Gasteiger partial charge < -0.3 is 0 Å². The van der Waals surface area contributed by atoms with Gasteiger partial charge in [0.25, 0.3) is 0 Å². The molecule has 13 heavy (non-hydrogen) atoms. The Kier molecular flexibility index (Phi) is 2.00. The molecule has 0 unspecified atom stereocenters. The van der Waals surface area contributed by atoms with Crippen molar-refractivity contribution in [2.75, 3.05) is 11.6 Å². The Bertz CT molecular complexity index is 347. The summed E-state index contributed by atoms with van der Waals surface area (Å²) in [4.78, 5) is 10.2. The third-order valence-corrected chi connectivity index (χ3v) is 1.99. The minimum absolute atomic E-state index is 0.687. The van der Waals surface area contributed by atoms with Gasteiger partial charge in [0.15, 0.2) is 0 Å². The second-order valence-corrected chi connectivity index (χ2v) is 2.79. The fourth-order valence-corrected chi connectivity index (χ4v) is 1.42. The summed E-state index contributed by atoms with van der Waals surface area (Å²) in [6, 6.07) is 7.88. The molecule has 1 aromatic rings. The van der Waals surface area contributed by atoms with Crippen LogP contribution in [0.5, 0.6) is 0 Å². The lowest BCUT2D eigenvalue weighted by Gasteiger charge is -2.25. The first-order valence-electron chi connectivity index (χ1n) is 4.08. The van der Waals surface area contributed by atoms with Crippen LogP contribution in [-0.2, 0) is 4.79 Å². The summed E-state index contributed by atoms with van der Waals surface area (Å²) in [5.74, 6) is 0. The first kappa shape index (κ1) is 7.86. The second-order valence-electron chi connectivity index (χ2n) is 2.79. The lowest BCUT2D eigenvalue weighted by Crippen LogP contribution is -2.38. The topological polar surface area (TPSA) is 32.3 Å². The maximum Gasteiger partial charge on any atom is 0.329 e. The van der Waals surface area contributed by atoms with Crippen molar-refractivity contribution in [3.05, 3.63) is 35.9 Å². The largest absolute Gasteiger partial charge is 0.329 e. The summed E-state index contributed by atoms with van der Waals surface area (Å²) in [5.41, 5.74) is 4.63. The number of fused-ring (bicyclic) bond motifs is 1. The van der Waals surface area contributed by atoms with Gasteiger partial charge in [-0.2, -0.15) is 0 Å². The first-order chi connectivity index (χ1) is 6.42. The fraction of sp³-hybridized carbons (Fsp3) is 0.100. The Morgan fingerprint density at radius 3 is 3.08 bits per heavy atom. The molecule has 0 spiro atoms. The molecule has 1 radical (unpaired) electrons. The monoisotopic (exact) mass is 173 g/mol. The van der Waals surface area contributed by atoms with Crippen molar-refractivity contribution >= 4 is 18.2 Å². The Hall–Kier alpha value is -1.77. The Balaban J connectivity index is 2.37. The summed E-state index contributed by atoms with van der Waals surface area (Å²) in [6.45, 7) is 0.687. The molecular formula is C10H9N2O. The summed E-state index contributed by atoms with van der Waals surface area (Å²) >= 11 is 0. The van der Waals surface area contributed by atoms with Gasteiger partial charge in [-0.25, -0.2) is 0 Å². The molecule has 0 aliphatic carbocycles. The van der Waals surface area contributed by atoms with E-state index >= 15 is 0 Å². The molecule has 3 nitrogen and oxygen atoms in total. The number of amides is 1. The highest BCUT2D eigenvalue weighted by Gasteiger charge is 2.10. The van der Waals surface area contributed by atoms with Crippen molar-refractivity contribution in [3.8, 4) is 0 Å². The zero-order chi connectivity index (χ0) is 9.10. The highest BCUT2D eigenvalue weighted by Crippen LogP contribution is 2.23. The molecule has 0 saturated carbocycles. The van der Waals surface area contributed by atoms with Gasteiger partial charge in [-0.1, -0.05) is 30.4 Å². The summed E-state index contributed by atoms with van der Waals surface area (Å²) in [5, 5.41) is 1.75. The Morgan fingerprint density at radius 2 is 2.23 bits per heavy atom. The lowest BCUT2D eigenvalue weighted by atomic mass is 10.1. The molecule has 2 rings (SSSR count). The maximum absolute atomic E-state index is 10.2. The van der Waals surface area contributed by atoms with Gasteiger partial charge in [-0.3, -0.25) is 15.2 Å². The molecule has 0 aromatic heterocycles. The number of hydrogen-bond acceptors (Lipinski definition) is 2. The van der Waals surface area contributed by atoms with Gasteiger partial charge in [0.1, 0.15) is 0 Å². The van der Waals surface area contributed by atoms with Crippen LogP contribution in [0, 0.1) is 0 Å². The van der Waals surface area contributed by atoms with E-state index in [0.717, 1.165) is 11.3 Å². The third kappa shape index (κ3) is 1.40. The highest BCUT2D eigenvalue weighted by molar-refractivity contribution is 5.72. The maximum atomic E-state index is 10.2. The molecule has 1 heterocycles. The van der Waals surface area contributed by atoms with E-state index < -0.39 is 0 Å². The predicted octanol–water partition coefficient (Wildman–Crippen LogP) is 1.09. The average Bonchev–Trinajstić information content (AvgIpc) is 2.19. The number of benzene rings is 1. The third-order valence-electron chi connectivity index (χ3n) is 1.99. The van der Waals surface area contributed by atoms with Crippen molar-refractivity contribution in [1.82, 2.24) is 5.43 Å². The van der Waals surface area contributed by atoms with Crippen molar-refractivity contribution in [3.63, 3.8) is 0 Å². The van der Waals surface area contributed by atoms with Crippen LogP contribution in [0.2, 0.25) is 0 Å². The van der Waals surface area contributed by atoms with Gasteiger partial charge in [-0.15, -0.1) is 0 Å². The van der Waals surface area contributed by atoms with Crippen LogP contribution in [0.1, 0.15) is 5.56 Å². The van der Waals surface area contributed by atoms with E-state index in [0.29, 0.717) is 6.54 Å². The molecule has 0 saturated heterocycles. The van der Waals surface area contributed by atoms with Crippen LogP contribution in [0.3, 0.4) is 0 Å². The van der Waals surface area contributed by atoms with Crippen LogP contribution >= 0.6 is 0 Å². The summed E-state index contributed by atoms with van der Waals surface area (Å²) in [6.07, 6.45) is 5.70. The molecule has 65 valence electrons. The van der Waals surface area contributed by atoms with Gasteiger partial charge in [0.05, 0.1) is 12.2 Å². The molecule has 0 atom stereocenters. The lowest BCUT2D eigenvalue weighted by molar-refractivity contribution is 0.539. The number of para-hydroxylation sites is 1. The SMILES string of the molecule is O=[C]NN1CC=Cc2ccccc21. The second kappa shape index (κ2) is 3.31. The summed E-state index contributed by atoms with van der Waals surface area (Å²) in [7, 11) is 0. The van der Waals surface area contributed by atoms with E-state index in [9.17, 15) is 4.79 Å². The quantitative estimate of drug-likeness (QED) is 0.679. The first-order valence-corrected chi connectivity index (χ1v) is 4.08. The molecule has 1 aromatic carbocycles. The molecule has 3 heteroatoms. The number of nitrogens with one attached hydrogen (secondary N) is 1. The normalized spacial score (nSPS) is 13.7. The molecule has 1 amide bonds. The van der Waals surface area contributed by atoms with Gasteiger partial charge in [0, 0.05) is 0 Å². The minimum atomic E-state index is 0.687. The van der Waals surface area contributed by atoms with Crippen molar-refractivity contribution in [1.29, 1.82) is 0 Å². The number of hydrazine groups is 1. The standard InChI is InChI=1S/C10H9N2O/c13-8-11-12-7-3-5-9-4-1-2-6-10(9)12/h1-6H,7H2,(H,11,13). The number of hydrogen-bond donors (Lipinski definition) is 1. The number of anilines is 1. The molecule has 1 N–H and O–H groups in total. The van der Waals surface area contributed by atoms with Crippen molar-refractivity contribution < 1.29 is 4.79 Å². The summed E-state index contributed by atoms with van der Waals surface area (Å²) < 4.78 is 0. The van der Waals surface area contributed by atoms with E-state index in [1.807, 2.05) is 36.4 Å². The predicted molar refractivity (Wildman–Crippen MR) is 51.7 cm³/mol. The Labute approximate surface area is 76.6 Å².